The van der Waals surface area contributed by atoms with E-state index in [0.29, 0.717) is 12.2 Å². The molecular weight excluding hydrogens is 208 g/mol. The first-order chi connectivity index (χ1) is 7.95. The van der Waals surface area contributed by atoms with Gasteiger partial charge in [0.1, 0.15) is 5.78 Å². The molecule has 0 saturated heterocycles. The maximum atomic E-state index is 12.0. The summed E-state index contributed by atoms with van der Waals surface area (Å²) in [5.41, 5.74) is 1.40. The number of rotatable bonds is 5. The van der Waals surface area contributed by atoms with Gasteiger partial charge < -0.3 is 0 Å². The van der Waals surface area contributed by atoms with Crippen LogP contribution in [-0.4, -0.2) is 5.78 Å². The van der Waals surface area contributed by atoms with E-state index in [1.807, 2.05) is 13.0 Å². The van der Waals surface area contributed by atoms with Crippen molar-refractivity contribution in [3.05, 3.63) is 35.9 Å². The Kier molecular flexibility index (Phi) is 4.92. The second kappa shape index (κ2) is 6.00. The summed E-state index contributed by atoms with van der Waals surface area (Å²) in [4.78, 5) is 12.0. The molecule has 0 fully saturated rings. The first-order valence-corrected chi connectivity index (χ1v) is 6.51. The van der Waals surface area contributed by atoms with Crippen LogP contribution in [0.1, 0.15) is 46.1 Å². The summed E-state index contributed by atoms with van der Waals surface area (Å²) in [5.74, 6) is 0.570. The largest absolute Gasteiger partial charge is 0.299 e. The van der Waals surface area contributed by atoms with E-state index >= 15 is 0 Å². The lowest BCUT2D eigenvalue weighted by Gasteiger charge is -2.29. The fourth-order valence-electron chi connectivity index (χ4n) is 2.28. The van der Waals surface area contributed by atoms with Crippen molar-refractivity contribution in [2.24, 2.45) is 11.3 Å². The normalized spacial score (nSPS) is 13.4. The molecule has 0 unspecified atom stereocenters. The number of carbonyl (C=O) groups is 1. The zero-order chi connectivity index (χ0) is 12.9. The minimum absolute atomic E-state index is 0.0713. The van der Waals surface area contributed by atoms with E-state index in [4.69, 9.17) is 0 Å². The van der Waals surface area contributed by atoms with Crippen molar-refractivity contribution >= 4 is 5.78 Å². The Balaban J connectivity index is 2.65. The number of aryl methyl sites for hydroxylation is 1. The Morgan fingerprint density at radius 2 is 1.76 bits per heavy atom. The highest BCUT2D eigenvalue weighted by Crippen LogP contribution is 2.31. The van der Waals surface area contributed by atoms with Crippen LogP contribution >= 0.6 is 0 Å². The zero-order valence-electron chi connectivity index (χ0n) is 11.5. The summed E-state index contributed by atoms with van der Waals surface area (Å²) in [7, 11) is 0. The van der Waals surface area contributed by atoms with Crippen molar-refractivity contribution in [1.82, 2.24) is 0 Å². The number of benzene rings is 1. The number of Topliss-reactive ketones (excluding diaryl/α,β-unsaturated/α-hetero) is 1. The van der Waals surface area contributed by atoms with Crippen LogP contribution in [0.5, 0.6) is 0 Å². The molecule has 1 rings (SSSR count). The standard InChI is InChI=1S/C16H24O/c1-5-15(17)14(16(2,3)4)12-11-13-9-7-6-8-10-13/h6-10,14H,5,11-12H2,1-4H3/t14-/m0/s1. The average molecular weight is 232 g/mol. The van der Waals surface area contributed by atoms with Gasteiger partial charge in [0.05, 0.1) is 0 Å². The zero-order valence-corrected chi connectivity index (χ0v) is 11.5. The molecule has 17 heavy (non-hydrogen) atoms. The predicted octanol–water partition coefficient (Wildman–Crippen LogP) is 4.26. The maximum absolute atomic E-state index is 12.0. The number of carbonyl (C=O) groups excluding carboxylic acids is 1. The quantitative estimate of drug-likeness (QED) is 0.741. The van der Waals surface area contributed by atoms with Gasteiger partial charge in [-0.15, -0.1) is 0 Å². The predicted molar refractivity (Wildman–Crippen MR) is 73.0 cm³/mol. The fourth-order valence-corrected chi connectivity index (χ4v) is 2.28. The molecular formula is C16H24O. The number of hydrogen-bond acceptors (Lipinski definition) is 1. The van der Waals surface area contributed by atoms with E-state index in [0.717, 1.165) is 12.8 Å². The Labute approximate surface area is 105 Å². The molecule has 0 aliphatic rings. The molecule has 1 nitrogen and oxygen atoms in total. The van der Waals surface area contributed by atoms with E-state index in [1.54, 1.807) is 0 Å². The molecule has 0 radical (unpaired) electrons. The molecule has 1 aromatic rings. The monoisotopic (exact) mass is 232 g/mol. The van der Waals surface area contributed by atoms with Crippen molar-refractivity contribution in [2.45, 2.75) is 47.0 Å². The van der Waals surface area contributed by atoms with Crippen LogP contribution in [0.15, 0.2) is 30.3 Å². The van der Waals surface area contributed by atoms with Gasteiger partial charge in [-0.1, -0.05) is 58.0 Å². The number of hydrogen-bond donors (Lipinski definition) is 0. The van der Waals surface area contributed by atoms with Gasteiger partial charge in [-0.2, -0.15) is 0 Å². The molecule has 1 aromatic carbocycles. The molecule has 0 N–H and O–H groups in total. The van der Waals surface area contributed by atoms with E-state index in [-0.39, 0.29) is 11.3 Å². The van der Waals surface area contributed by atoms with Crippen molar-refractivity contribution in [3.8, 4) is 0 Å². The van der Waals surface area contributed by atoms with Crippen LogP contribution < -0.4 is 0 Å². The lowest BCUT2D eigenvalue weighted by molar-refractivity contribution is -0.126. The van der Waals surface area contributed by atoms with Gasteiger partial charge in [-0.3, -0.25) is 4.79 Å². The summed E-state index contributed by atoms with van der Waals surface area (Å²) in [6.07, 6.45) is 2.60. The van der Waals surface area contributed by atoms with E-state index < -0.39 is 0 Å². The molecule has 1 atom stereocenters. The van der Waals surface area contributed by atoms with Gasteiger partial charge in [0.15, 0.2) is 0 Å². The first kappa shape index (κ1) is 14.0. The Morgan fingerprint density at radius 1 is 1.18 bits per heavy atom. The van der Waals surface area contributed by atoms with Gasteiger partial charge >= 0.3 is 0 Å². The summed E-state index contributed by atoms with van der Waals surface area (Å²) in [5, 5.41) is 0. The second-order valence-corrected chi connectivity index (χ2v) is 5.76. The van der Waals surface area contributed by atoms with Crippen LogP contribution in [0.3, 0.4) is 0 Å². The highest BCUT2D eigenvalue weighted by Gasteiger charge is 2.29. The average Bonchev–Trinajstić information content (AvgIpc) is 2.28. The molecule has 0 spiro atoms. The highest BCUT2D eigenvalue weighted by molar-refractivity contribution is 5.81. The van der Waals surface area contributed by atoms with Gasteiger partial charge in [-0.25, -0.2) is 0 Å². The first-order valence-electron chi connectivity index (χ1n) is 6.51. The van der Waals surface area contributed by atoms with Crippen molar-refractivity contribution in [3.63, 3.8) is 0 Å². The van der Waals surface area contributed by atoms with Crippen LogP contribution in [0, 0.1) is 11.3 Å². The summed E-state index contributed by atoms with van der Waals surface area (Å²) >= 11 is 0. The molecule has 1 heteroatoms. The SMILES string of the molecule is CCC(=O)[C@H](CCc1ccccc1)C(C)(C)C. The summed E-state index contributed by atoms with van der Waals surface area (Å²) in [6.45, 7) is 8.45. The van der Waals surface area contributed by atoms with Gasteiger partial charge in [0.2, 0.25) is 0 Å². The van der Waals surface area contributed by atoms with Crippen LogP contribution in [0.2, 0.25) is 0 Å². The summed E-state index contributed by atoms with van der Waals surface area (Å²) < 4.78 is 0. The third-order valence-electron chi connectivity index (χ3n) is 3.35. The Hall–Kier alpha value is -1.11. The topological polar surface area (TPSA) is 17.1 Å². The summed E-state index contributed by atoms with van der Waals surface area (Å²) in [6, 6.07) is 10.4. The minimum Gasteiger partial charge on any atom is -0.299 e. The van der Waals surface area contributed by atoms with Crippen molar-refractivity contribution < 1.29 is 4.79 Å². The molecule has 94 valence electrons. The van der Waals surface area contributed by atoms with E-state index in [9.17, 15) is 4.79 Å². The third-order valence-corrected chi connectivity index (χ3v) is 3.35. The molecule has 0 aliphatic heterocycles. The highest BCUT2D eigenvalue weighted by atomic mass is 16.1. The Morgan fingerprint density at radius 3 is 2.24 bits per heavy atom. The van der Waals surface area contributed by atoms with Crippen LogP contribution in [-0.2, 0) is 11.2 Å². The molecule has 0 amide bonds. The molecule has 0 heterocycles. The Bertz CT molecular complexity index is 346. The van der Waals surface area contributed by atoms with E-state index in [1.165, 1.54) is 5.56 Å². The second-order valence-electron chi connectivity index (χ2n) is 5.76. The van der Waals surface area contributed by atoms with Crippen LogP contribution in [0.25, 0.3) is 0 Å². The minimum atomic E-state index is 0.0713. The van der Waals surface area contributed by atoms with Crippen molar-refractivity contribution in [2.75, 3.05) is 0 Å². The lowest BCUT2D eigenvalue weighted by atomic mass is 9.74. The third kappa shape index (κ3) is 4.33. The van der Waals surface area contributed by atoms with Gasteiger partial charge in [-0.05, 0) is 23.8 Å². The van der Waals surface area contributed by atoms with Crippen molar-refractivity contribution in [1.29, 1.82) is 0 Å². The van der Waals surface area contributed by atoms with Gasteiger partial charge in [0.25, 0.3) is 0 Å². The molecule has 0 aliphatic carbocycles. The van der Waals surface area contributed by atoms with E-state index in [2.05, 4.69) is 45.0 Å². The van der Waals surface area contributed by atoms with Crippen LogP contribution in [0.4, 0.5) is 0 Å². The molecule has 0 bridgehead atoms. The number of ketones is 1. The smallest absolute Gasteiger partial charge is 0.136 e. The van der Waals surface area contributed by atoms with Gasteiger partial charge in [0, 0.05) is 12.3 Å². The lowest BCUT2D eigenvalue weighted by Crippen LogP contribution is -2.28. The maximum Gasteiger partial charge on any atom is 0.136 e. The molecule has 0 aromatic heterocycles. The fraction of sp³-hybridized carbons (Fsp3) is 0.562. The molecule has 0 saturated carbocycles.